The van der Waals surface area contributed by atoms with Gasteiger partial charge in [-0.15, -0.1) is 0 Å². The highest BCUT2D eigenvalue weighted by Gasteiger charge is 2.13. The molecular weight excluding hydrogens is 322 g/mol. The van der Waals surface area contributed by atoms with Crippen molar-refractivity contribution in [3.8, 4) is 5.75 Å². The molecule has 2 rings (SSSR count). The molecule has 0 bridgehead atoms. The second-order valence-corrected chi connectivity index (χ2v) is 4.73. The Morgan fingerprint density at radius 2 is 1.91 bits per heavy atom. The summed E-state index contributed by atoms with van der Waals surface area (Å²) >= 11 is 3.67. The highest BCUT2D eigenvalue weighted by molar-refractivity contribution is 7.75. The van der Waals surface area contributed by atoms with E-state index < -0.39 is 16.7 Å². The summed E-state index contributed by atoms with van der Waals surface area (Å²) in [5, 5.41) is 25.3. The van der Waals surface area contributed by atoms with Gasteiger partial charge in [0.1, 0.15) is 5.75 Å². The highest BCUT2D eigenvalue weighted by atomic mass is 32.1. The molecule has 0 unspecified atom stereocenters. The molecule has 0 aromatic heterocycles. The molecule has 0 atom stereocenters. The zero-order valence-corrected chi connectivity index (χ0v) is 12.6. The predicted octanol–water partition coefficient (Wildman–Crippen LogP) is 3.31. The van der Waals surface area contributed by atoms with Gasteiger partial charge in [-0.05, 0) is 25.0 Å². The lowest BCUT2D eigenvalue weighted by Gasteiger charge is -2.12. The van der Waals surface area contributed by atoms with Gasteiger partial charge in [-0.25, -0.2) is 4.79 Å². The Balaban J connectivity index is 2.10. The fourth-order valence-electron chi connectivity index (χ4n) is 1.85. The van der Waals surface area contributed by atoms with E-state index in [1.54, 1.807) is 24.3 Å². The van der Waals surface area contributed by atoms with E-state index in [2.05, 4.69) is 23.5 Å². The van der Waals surface area contributed by atoms with Crippen LogP contribution in [0.25, 0.3) is 0 Å². The van der Waals surface area contributed by atoms with Crippen molar-refractivity contribution >= 4 is 36.0 Å². The number of phenols is 1. The van der Waals surface area contributed by atoms with Gasteiger partial charge in [0, 0.05) is 17.3 Å². The minimum Gasteiger partial charge on any atom is -0.506 e. The number of hydrogen-bond acceptors (Lipinski definition) is 6. The number of urea groups is 1. The van der Waals surface area contributed by atoms with Crippen molar-refractivity contribution in [2.75, 3.05) is 10.6 Å². The first-order chi connectivity index (χ1) is 11.0. The van der Waals surface area contributed by atoms with Crippen molar-refractivity contribution in [2.24, 2.45) is 0 Å². The second kappa shape index (κ2) is 7.47. The van der Waals surface area contributed by atoms with E-state index in [9.17, 15) is 20.0 Å². The Labute approximate surface area is 136 Å². The number of aromatic hydroxyl groups is 1. The number of nitrogens with one attached hydrogen (secondary N) is 2. The number of amides is 2. The van der Waals surface area contributed by atoms with Gasteiger partial charge in [0.25, 0.3) is 5.69 Å². The summed E-state index contributed by atoms with van der Waals surface area (Å²) in [5.74, 6) is -0.402. The largest absolute Gasteiger partial charge is 0.506 e. The van der Waals surface area contributed by atoms with Crippen molar-refractivity contribution in [2.45, 2.75) is 6.61 Å². The number of hydrogen-bond donors (Lipinski definition) is 4. The Hall–Kier alpha value is -2.78. The molecule has 0 spiro atoms. The van der Waals surface area contributed by atoms with E-state index in [-0.39, 0.29) is 18.0 Å². The fourth-order valence-corrected chi connectivity index (χ4v) is 1.99. The van der Waals surface area contributed by atoms with Gasteiger partial charge in [0.15, 0.2) is 0 Å². The number of thiol groups is 1. The third kappa shape index (κ3) is 4.34. The Morgan fingerprint density at radius 1 is 1.22 bits per heavy atom. The number of carbonyl (C=O) groups excluding carboxylic acids is 1. The number of nitrogens with zero attached hydrogens (tertiary/aromatic N) is 1. The van der Waals surface area contributed by atoms with Crippen molar-refractivity contribution in [3.63, 3.8) is 0 Å². The SMILES string of the molecule is O=C(Nc1ccc([N+](=O)[O-])cc1O)Nc1ccccc1COS. The molecule has 0 aliphatic heterocycles. The lowest BCUT2D eigenvalue weighted by Crippen LogP contribution is -2.20. The number of non-ortho nitro benzene ring substituents is 1. The molecule has 23 heavy (non-hydrogen) atoms. The first-order valence-electron chi connectivity index (χ1n) is 6.41. The van der Waals surface area contributed by atoms with Gasteiger partial charge in [-0.1, -0.05) is 18.2 Å². The smallest absolute Gasteiger partial charge is 0.323 e. The lowest BCUT2D eigenvalue weighted by atomic mass is 10.2. The first kappa shape index (κ1) is 16.6. The van der Waals surface area contributed by atoms with E-state index in [0.717, 1.165) is 6.07 Å². The van der Waals surface area contributed by atoms with Crippen LogP contribution >= 0.6 is 12.9 Å². The van der Waals surface area contributed by atoms with Crippen LogP contribution in [0.3, 0.4) is 0 Å². The molecular formula is C14H13N3O5S. The standard InChI is InChI=1S/C14H13N3O5S/c18-13-7-10(17(20)21)5-6-12(13)16-14(19)15-11-4-2-1-3-9(11)8-22-23/h1-7,18,23H,8H2,(H2,15,16,19). The van der Waals surface area contributed by atoms with Crippen molar-refractivity contribution in [1.82, 2.24) is 0 Å². The number of benzene rings is 2. The van der Waals surface area contributed by atoms with Gasteiger partial charge in [0.05, 0.1) is 23.3 Å². The van der Waals surface area contributed by atoms with Gasteiger partial charge in [-0.2, -0.15) is 0 Å². The van der Waals surface area contributed by atoms with Crippen LogP contribution in [-0.4, -0.2) is 16.1 Å². The Kier molecular flexibility index (Phi) is 5.39. The molecule has 120 valence electrons. The number of nitro benzene ring substituents is 1. The first-order valence-corrected chi connectivity index (χ1v) is 6.77. The molecule has 0 heterocycles. The van der Waals surface area contributed by atoms with Crippen LogP contribution in [-0.2, 0) is 10.8 Å². The molecule has 0 saturated heterocycles. The van der Waals surface area contributed by atoms with Gasteiger partial charge < -0.3 is 19.9 Å². The van der Waals surface area contributed by atoms with E-state index in [4.69, 9.17) is 4.18 Å². The van der Waals surface area contributed by atoms with Crippen LogP contribution < -0.4 is 10.6 Å². The Morgan fingerprint density at radius 3 is 2.57 bits per heavy atom. The monoisotopic (exact) mass is 335 g/mol. The van der Waals surface area contributed by atoms with E-state index in [0.29, 0.717) is 11.3 Å². The molecule has 2 aromatic rings. The van der Waals surface area contributed by atoms with Crippen LogP contribution in [0.15, 0.2) is 42.5 Å². The van der Waals surface area contributed by atoms with E-state index in [1.165, 1.54) is 12.1 Å². The summed E-state index contributed by atoms with van der Waals surface area (Å²) in [6.07, 6.45) is 0. The fraction of sp³-hybridized carbons (Fsp3) is 0.0714. The van der Waals surface area contributed by atoms with Gasteiger partial charge in [-0.3, -0.25) is 10.1 Å². The molecule has 9 heteroatoms. The van der Waals surface area contributed by atoms with Gasteiger partial charge >= 0.3 is 6.03 Å². The normalized spacial score (nSPS) is 10.1. The summed E-state index contributed by atoms with van der Waals surface area (Å²) in [7, 11) is 0. The average molecular weight is 335 g/mol. The van der Waals surface area contributed by atoms with Crippen LogP contribution in [0.2, 0.25) is 0 Å². The quantitative estimate of drug-likeness (QED) is 0.220. The zero-order chi connectivity index (χ0) is 16.8. The summed E-state index contributed by atoms with van der Waals surface area (Å²) < 4.78 is 4.74. The summed E-state index contributed by atoms with van der Waals surface area (Å²) in [6.45, 7) is 0.197. The lowest BCUT2D eigenvalue weighted by molar-refractivity contribution is -0.384. The molecule has 2 aromatic carbocycles. The van der Waals surface area contributed by atoms with E-state index >= 15 is 0 Å². The molecule has 0 aliphatic rings. The number of para-hydroxylation sites is 1. The number of nitro groups is 1. The summed E-state index contributed by atoms with van der Waals surface area (Å²) in [4.78, 5) is 21.9. The number of phenolic OH excluding ortho intramolecular Hbond substituents is 1. The molecule has 0 radical (unpaired) electrons. The van der Waals surface area contributed by atoms with Crippen molar-refractivity contribution in [3.05, 3.63) is 58.1 Å². The molecule has 2 amide bonds. The molecule has 0 fully saturated rings. The minimum absolute atomic E-state index is 0.0519. The predicted molar refractivity (Wildman–Crippen MR) is 87.6 cm³/mol. The van der Waals surface area contributed by atoms with Crippen LogP contribution in [0, 0.1) is 10.1 Å². The topological polar surface area (TPSA) is 114 Å². The third-order valence-electron chi connectivity index (χ3n) is 2.93. The summed E-state index contributed by atoms with van der Waals surface area (Å²) in [5.41, 5.74) is 1.01. The number of anilines is 2. The molecule has 8 nitrogen and oxygen atoms in total. The van der Waals surface area contributed by atoms with Crippen molar-refractivity contribution in [1.29, 1.82) is 0 Å². The highest BCUT2D eigenvalue weighted by Crippen LogP contribution is 2.28. The second-order valence-electron chi connectivity index (χ2n) is 4.47. The minimum atomic E-state index is -0.642. The Bertz CT molecular complexity index is 738. The average Bonchev–Trinajstić information content (AvgIpc) is 2.51. The molecule has 0 aliphatic carbocycles. The molecule has 3 N–H and O–H groups in total. The zero-order valence-electron chi connectivity index (χ0n) is 11.7. The number of rotatable bonds is 5. The van der Waals surface area contributed by atoms with Gasteiger partial charge in [0.2, 0.25) is 0 Å². The maximum atomic E-state index is 12.0. The summed E-state index contributed by atoms with van der Waals surface area (Å²) in [6, 6.07) is 9.73. The van der Waals surface area contributed by atoms with E-state index in [1.807, 2.05) is 0 Å². The van der Waals surface area contributed by atoms with Crippen LogP contribution in [0.1, 0.15) is 5.56 Å². The molecule has 0 saturated carbocycles. The van der Waals surface area contributed by atoms with Crippen molar-refractivity contribution < 1.29 is 19.0 Å². The van der Waals surface area contributed by atoms with Crippen LogP contribution in [0.5, 0.6) is 5.75 Å². The number of carbonyl (C=O) groups is 1. The third-order valence-corrected chi connectivity index (χ3v) is 3.06. The maximum absolute atomic E-state index is 12.0. The maximum Gasteiger partial charge on any atom is 0.323 e. The van der Waals surface area contributed by atoms with Crippen LogP contribution in [0.4, 0.5) is 21.9 Å².